The van der Waals surface area contributed by atoms with Crippen LogP contribution in [0.25, 0.3) is 0 Å². The molecule has 0 spiro atoms. The van der Waals surface area contributed by atoms with Crippen LogP contribution >= 0.6 is 27.5 Å². The van der Waals surface area contributed by atoms with Crippen molar-refractivity contribution in [2.24, 2.45) is 0 Å². The van der Waals surface area contributed by atoms with Crippen LogP contribution in [0.5, 0.6) is 0 Å². The lowest BCUT2D eigenvalue weighted by Gasteiger charge is -1.76. The van der Waals surface area contributed by atoms with E-state index in [0.29, 0.717) is 0 Å². The second-order valence-electron chi connectivity index (χ2n) is 0.690. The Hall–Kier alpha value is 0.440. The van der Waals surface area contributed by atoms with Gasteiger partial charge < -0.3 is 0 Å². The fourth-order valence-corrected chi connectivity index (χ4v) is 0.455. The van der Waals surface area contributed by atoms with Gasteiger partial charge in [0.05, 0.1) is 5.33 Å². The highest BCUT2D eigenvalue weighted by molar-refractivity contribution is 9.09. The van der Waals surface area contributed by atoms with Gasteiger partial charge in [-0.25, -0.2) is 4.39 Å². The number of hydrogen-bond donors (Lipinski definition) is 0. The highest BCUT2D eigenvalue weighted by Crippen LogP contribution is 2.00. The molecule has 0 fully saturated rings. The van der Waals surface area contributed by atoms with E-state index >= 15 is 0 Å². The Bertz CT molecular complexity index is 61.8. The molecule has 0 saturated heterocycles. The van der Waals surface area contributed by atoms with Gasteiger partial charge in [0, 0.05) is 5.54 Å². The molecule has 0 radical (unpaired) electrons. The minimum atomic E-state index is -0.350. The Kier molecular flexibility index (Phi) is 3.89. The van der Waals surface area contributed by atoms with Crippen molar-refractivity contribution in [1.82, 2.24) is 0 Å². The topological polar surface area (TPSA) is 0 Å². The summed E-state index contributed by atoms with van der Waals surface area (Å²) in [5.41, 5.74) is 0.898. The van der Waals surface area contributed by atoms with Gasteiger partial charge in [0.1, 0.15) is 5.83 Å². The monoisotopic (exact) mass is 172 g/mol. The molecule has 0 N–H and O–H groups in total. The number of halogens is 3. The predicted octanol–water partition coefficient (Wildman–Crippen LogP) is 2.43. The Morgan fingerprint density at radius 2 is 2.50 bits per heavy atom. The quantitative estimate of drug-likeness (QED) is 0.534. The normalized spacial score (nSPS) is 12.2. The Morgan fingerprint density at radius 3 is 2.50 bits per heavy atom. The largest absolute Gasteiger partial charge is 0.210 e. The van der Waals surface area contributed by atoms with Crippen molar-refractivity contribution in [3.05, 3.63) is 11.4 Å². The Morgan fingerprint density at radius 1 is 2.00 bits per heavy atom. The van der Waals surface area contributed by atoms with Gasteiger partial charge in [-0.3, -0.25) is 0 Å². The predicted molar refractivity (Wildman–Crippen MR) is 28.8 cm³/mol. The third-order valence-corrected chi connectivity index (χ3v) is 1.02. The van der Waals surface area contributed by atoms with Crippen LogP contribution in [-0.4, -0.2) is 5.33 Å². The molecular weight excluding hydrogens is 170 g/mol. The van der Waals surface area contributed by atoms with Crippen LogP contribution in [-0.2, 0) is 0 Å². The zero-order valence-corrected chi connectivity index (χ0v) is 5.26. The van der Waals surface area contributed by atoms with Gasteiger partial charge in [-0.2, -0.15) is 0 Å². The van der Waals surface area contributed by atoms with Crippen LogP contribution in [0, 0.1) is 0 Å². The van der Waals surface area contributed by atoms with Crippen molar-refractivity contribution in [2.45, 2.75) is 0 Å². The van der Waals surface area contributed by atoms with Gasteiger partial charge in [-0.1, -0.05) is 27.5 Å². The molecule has 0 bridgehead atoms. The average Bonchev–Trinajstić information content (AvgIpc) is 1.65. The third kappa shape index (κ3) is 2.67. The van der Waals surface area contributed by atoms with Crippen molar-refractivity contribution >= 4 is 27.5 Å². The van der Waals surface area contributed by atoms with Crippen molar-refractivity contribution in [3.8, 4) is 0 Å². The Balaban J connectivity index is 3.22. The van der Waals surface area contributed by atoms with Crippen LogP contribution in [0.4, 0.5) is 4.39 Å². The third-order valence-electron chi connectivity index (χ3n) is 0.246. The molecule has 0 nitrogen and oxygen atoms in total. The molecule has 0 aromatic carbocycles. The molecule has 36 valence electrons. The molecular formula is C3H3BrClF. The molecule has 0 saturated carbocycles. The summed E-state index contributed by atoms with van der Waals surface area (Å²) >= 11 is 7.73. The summed E-state index contributed by atoms with van der Waals surface area (Å²) in [6.45, 7) is 0. The molecule has 0 atom stereocenters. The molecule has 3 heteroatoms. The summed E-state index contributed by atoms with van der Waals surface area (Å²) in [7, 11) is 0. The number of hydrogen-bond acceptors (Lipinski definition) is 0. The van der Waals surface area contributed by atoms with Crippen LogP contribution in [0.15, 0.2) is 11.4 Å². The molecule has 0 amide bonds. The van der Waals surface area contributed by atoms with Gasteiger partial charge >= 0.3 is 0 Å². The summed E-state index contributed by atoms with van der Waals surface area (Å²) < 4.78 is 11.5. The van der Waals surface area contributed by atoms with Crippen LogP contribution in [0.1, 0.15) is 0 Å². The first-order valence-corrected chi connectivity index (χ1v) is 2.87. The SMILES string of the molecule is FC(=CCl)CBr. The van der Waals surface area contributed by atoms with E-state index in [2.05, 4.69) is 15.9 Å². The number of allylic oxidation sites excluding steroid dienone is 1. The zero-order chi connectivity index (χ0) is 4.99. The smallest absolute Gasteiger partial charge is 0.122 e. The Labute approximate surface area is 49.1 Å². The van der Waals surface area contributed by atoms with Crippen LogP contribution in [0.3, 0.4) is 0 Å². The second kappa shape index (κ2) is 3.62. The molecule has 0 aliphatic heterocycles. The minimum absolute atomic E-state index is 0.205. The maximum absolute atomic E-state index is 11.5. The minimum Gasteiger partial charge on any atom is -0.210 e. The maximum atomic E-state index is 11.5. The molecule has 6 heavy (non-hydrogen) atoms. The molecule has 0 rings (SSSR count). The maximum Gasteiger partial charge on any atom is 0.122 e. The second-order valence-corrected chi connectivity index (χ2v) is 1.47. The summed E-state index contributed by atoms with van der Waals surface area (Å²) in [5, 5.41) is 0.205. The van der Waals surface area contributed by atoms with Gasteiger partial charge in [0.25, 0.3) is 0 Å². The van der Waals surface area contributed by atoms with E-state index in [1.807, 2.05) is 0 Å². The van der Waals surface area contributed by atoms with Crippen molar-refractivity contribution < 1.29 is 4.39 Å². The lowest BCUT2D eigenvalue weighted by Crippen LogP contribution is -1.65. The van der Waals surface area contributed by atoms with Gasteiger partial charge in [-0.15, -0.1) is 0 Å². The summed E-state index contributed by atoms with van der Waals surface area (Å²) in [6, 6.07) is 0. The average molecular weight is 173 g/mol. The molecule has 0 unspecified atom stereocenters. The van der Waals surface area contributed by atoms with Crippen molar-refractivity contribution in [3.63, 3.8) is 0 Å². The van der Waals surface area contributed by atoms with E-state index in [4.69, 9.17) is 11.6 Å². The summed E-state index contributed by atoms with van der Waals surface area (Å²) in [5.74, 6) is -0.350. The summed E-state index contributed by atoms with van der Waals surface area (Å²) in [6.07, 6.45) is 0. The fraction of sp³-hybridized carbons (Fsp3) is 0.333. The molecule has 0 heterocycles. The highest BCUT2D eigenvalue weighted by atomic mass is 79.9. The lowest BCUT2D eigenvalue weighted by molar-refractivity contribution is 0.649. The molecule has 0 aromatic heterocycles. The standard InChI is InChI=1S/C3H3BrClF/c4-1-3(6)2-5/h2H,1H2. The first-order valence-electron chi connectivity index (χ1n) is 1.32. The van der Waals surface area contributed by atoms with E-state index in [0.717, 1.165) is 5.54 Å². The molecule has 0 aliphatic rings. The zero-order valence-electron chi connectivity index (χ0n) is 2.92. The van der Waals surface area contributed by atoms with Gasteiger partial charge in [0.15, 0.2) is 0 Å². The number of alkyl halides is 1. The van der Waals surface area contributed by atoms with Crippen LogP contribution in [0.2, 0.25) is 0 Å². The first kappa shape index (κ1) is 6.44. The van der Waals surface area contributed by atoms with Gasteiger partial charge in [0.2, 0.25) is 0 Å². The lowest BCUT2D eigenvalue weighted by atomic mass is 10.7. The first-order chi connectivity index (χ1) is 2.81. The van der Waals surface area contributed by atoms with Crippen molar-refractivity contribution in [1.29, 1.82) is 0 Å². The molecule has 0 aromatic rings. The highest BCUT2D eigenvalue weighted by Gasteiger charge is 1.82. The summed E-state index contributed by atoms with van der Waals surface area (Å²) in [4.78, 5) is 0. The van der Waals surface area contributed by atoms with Gasteiger partial charge in [-0.05, 0) is 0 Å². The molecule has 0 aliphatic carbocycles. The fourth-order valence-electron chi connectivity index (χ4n) is 0.0292. The van der Waals surface area contributed by atoms with Crippen molar-refractivity contribution in [2.75, 3.05) is 5.33 Å². The van der Waals surface area contributed by atoms with E-state index in [1.54, 1.807) is 0 Å². The van der Waals surface area contributed by atoms with E-state index in [1.165, 1.54) is 0 Å². The van der Waals surface area contributed by atoms with E-state index in [-0.39, 0.29) is 11.2 Å². The van der Waals surface area contributed by atoms with E-state index in [9.17, 15) is 4.39 Å². The number of rotatable bonds is 1. The van der Waals surface area contributed by atoms with Crippen LogP contribution < -0.4 is 0 Å². The van der Waals surface area contributed by atoms with E-state index < -0.39 is 0 Å².